The molecular weight excluding hydrogens is 312 g/mol. The molecule has 0 saturated heterocycles. The van der Waals surface area contributed by atoms with E-state index in [4.69, 9.17) is 5.11 Å². The van der Waals surface area contributed by atoms with Crippen LogP contribution in [0.5, 0.6) is 0 Å². The van der Waals surface area contributed by atoms with E-state index in [0.717, 1.165) is 4.47 Å². The molecule has 1 amide bonds. The summed E-state index contributed by atoms with van der Waals surface area (Å²) < 4.78 is 0.789. The molecule has 2 aromatic rings. The summed E-state index contributed by atoms with van der Waals surface area (Å²) in [7, 11) is 0. The zero-order valence-electron chi connectivity index (χ0n) is 9.81. The number of rotatable bonds is 4. The Balaban J connectivity index is 2.10. The number of carbonyl (C=O) groups excluding carboxylic acids is 1. The highest BCUT2D eigenvalue weighted by Crippen LogP contribution is 2.15. The molecule has 0 unspecified atom stereocenters. The minimum Gasteiger partial charge on any atom is -0.481 e. The van der Waals surface area contributed by atoms with Gasteiger partial charge in [-0.05, 0) is 39.7 Å². The normalized spacial score (nSPS) is 10.2. The van der Waals surface area contributed by atoms with Crippen LogP contribution in [0.4, 0.5) is 5.69 Å². The first-order chi connectivity index (χ1) is 9.04. The number of anilines is 1. The van der Waals surface area contributed by atoms with E-state index < -0.39 is 5.97 Å². The Kier molecular flexibility index (Phi) is 4.01. The number of nitrogens with one attached hydrogen (secondary N) is 2. The minimum absolute atomic E-state index is 0.0717. The van der Waals surface area contributed by atoms with Crippen LogP contribution in [0.1, 0.15) is 16.1 Å². The van der Waals surface area contributed by atoms with Crippen LogP contribution >= 0.6 is 15.9 Å². The van der Waals surface area contributed by atoms with E-state index in [9.17, 15) is 9.59 Å². The molecule has 0 aliphatic carbocycles. The minimum atomic E-state index is -0.906. The Hall–Kier alpha value is -2.08. The first kappa shape index (κ1) is 13.4. The van der Waals surface area contributed by atoms with Crippen molar-refractivity contribution in [3.63, 3.8) is 0 Å². The highest BCUT2D eigenvalue weighted by Gasteiger charge is 2.09. The van der Waals surface area contributed by atoms with Gasteiger partial charge in [0, 0.05) is 16.4 Å². The second-order valence-corrected chi connectivity index (χ2v) is 4.87. The second kappa shape index (κ2) is 5.71. The third kappa shape index (κ3) is 3.69. The fourth-order valence-corrected chi connectivity index (χ4v) is 1.97. The third-order valence-electron chi connectivity index (χ3n) is 2.43. The molecule has 0 aliphatic rings. The molecule has 1 aromatic heterocycles. The Morgan fingerprint density at radius 2 is 2.11 bits per heavy atom. The van der Waals surface area contributed by atoms with Gasteiger partial charge < -0.3 is 15.4 Å². The van der Waals surface area contributed by atoms with E-state index in [0.29, 0.717) is 16.9 Å². The first-order valence-corrected chi connectivity index (χ1v) is 6.30. The number of amides is 1. The predicted octanol–water partition coefficient (Wildman–Crippen LogP) is 2.66. The van der Waals surface area contributed by atoms with Gasteiger partial charge in [-0.2, -0.15) is 0 Å². The van der Waals surface area contributed by atoms with Crippen molar-refractivity contribution in [1.82, 2.24) is 4.98 Å². The molecule has 5 nitrogen and oxygen atoms in total. The average molecular weight is 323 g/mol. The molecule has 3 N–H and O–H groups in total. The Labute approximate surface area is 117 Å². The number of hydrogen-bond acceptors (Lipinski definition) is 2. The van der Waals surface area contributed by atoms with Crippen LogP contribution in [0.3, 0.4) is 0 Å². The molecule has 0 saturated carbocycles. The number of aliphatic carboxylic acids is 1. The molecular formula is C13H11BrN2O3. The van der Waals surface area contributed by atoms with Crippen molar-refractivity contribution in [2.75, 3.05) is 5.32 Å². The summed E-state index contributed by atoms with van der Waals surface area (Å²) in [6.45, 7) is 0. The van der Waals surface area contributed by atoms with Crippen LogP contribution in [0.2, 0.25) is 0 Å². The molecule has 0 atom stereocenters. The lowest BCUT2D eigenvalue weighted by molar-refractivity contribution is -0.136. The van der Waals surface area contributed by atoms with Gasteiger partial charge >= 0.3 is 5.97 Å². The summed E-state index contributed by atoms with van der Waals surface area (Å²) in [5.74, 6) is -1.19. The molecule has 1 heterocycles. The van der Waals surface area contributed by atoms with Crippen molar-refractivity contribution in [2.45, 2.75) is 6.42 Å². The second-order valence-electron chi connectivity index (χ2n) is 3.96. The lowest BCUT2D eigenvalue weighted by Crippen LogP contribution is -2.12. The van der Waals surface area contributed by atoms with E-state index in [1.165, 1.54) is 0 Å². The molecule has 19 heavy (non-hydrogen) atoms. The summed E-state index contributed by atoms with van der Waals surface area (Å²) in [6, 6.07) is 8.43. The van der Waals surface area contributed by atoms with E-state index >= 15 is 0 Å². The van der Waals surface area contributed by atoms with Crippen molar-refractivity contribution in [2.24, 2.45) is 0 Å². The number of carbonyl (C=O) groups is 2. The lowest BCUT2D eigenvalue weighted by atomic mass is 10.1. The fraction of sp³-hybridized carbons (Fsp3) is 0.0769. The van der Waals surface area contributed by atoms with E-state index in [1.54, 1.807) is 36.5 Å². The monoisotopic (exact) mass is 322 g/mol. The molecule has 0 radical (unpaired) electrons. The van der Waals surface area contributed by atoms with Crippen LogP contribution in [0, 0.1) is 0 Å². The number of hydrogen-bond donors (Lipinski definition) is 3. The molecule has 98 valence electrons. The maximum atomic E-state index is 11.9. The summed E-state index contributed by atoms with van der Waals surface area (Å²) in [5.41, 5.74) is 1.63. The van der Waals surface area contributed by atoms with Crippen molar-refractivity contribution in [1.29, 1.82) is 0 Å². The van der Waals surface area contributed by atoms with Crippen molar-refractivity contribution < 1.29 is 14.7 Å². The van der Waals surface area contributed by atoms with E-state index in [2.05, 4.69) is 26.2 Å². The summed E-state index contributed by atoms with van der Waals surface area (Å²) in [4.78, 5) is 25.3. The zero-order chi connectivity index (χ0) is 13.8. The predicted molar refractivity (Wildman–Crippen MR) is 74.2 cm³/mol. The van der Waals surface area contributed by atoms with Gasteiger partial charge in [0.05, 0.1) is 6.42 Å². The zero-order valence-corrected chi connectivity index (χ0v) is 11.4. The number of aromatic nitrogens is 1. The number of carboxylic acid groups (broad SMARTS) is 1. The van der Waals surface area contributed by atoms with Crippen molar-refractivity contribution in [3.05, 3.63) is 52.3 Å². The van der Waals surface area contributed by atoms with Crippen molar-refractivity contribution >= 4 is 33.5 Å². The number of halogens is 1. The molecule has 0 fully saturated rings. The summed E-state index contributed by atoms with van der Waals surface area (Å²) in [6.07, 6.45) is 1.59. The third-order valence-corrected chi connectivity index (χ3v) is 2.89. The Morgan fingerprint density at radius 3 is 2.74 bits per heavy atom. The van der Waals surface area contributed by atoms with Gasteiger partial charge in [-0.3, -0.25) is 9.59 Å². The van der Waals surface area contributed by atoms with Crippen molar-refractivity contribution in [3.8, 4) is 0 Å². The van der Waals surface area contributed by atoms with E-state index in [-0.39, 0.29) is 12.3 Å². The van der Waals surface area contributed by atoms with Crippen LogP contribution in [0.25, 0.3) is 0 Å². The Bertz CT molecular complexity index is 622. The number of aromatic amines is 1. The van der Waals surface area contributed by atoms with Gasteiger partial charge in [-0.15, -0.1) is 0 Å². The van der Waals surface area contributed by atoms with Gasteiger partial charge in [0.1, 0.15) is 5.69 Å². The van der Waals surface area contributed by atoms with E-state index in [1.807, 2.05) is 0 Å². The van der Waals surface area contributed by atoms with Gasteiger partial charge in [-0.1, -0.05) is 12.1 Å². The topological polar surface area (TPSA) is 82.2 Å². The molecule has 1 aromatic carbocycles. The molecule has 2 rings (SSSR count). The summed E-state index contributed by atoms with van der Waals surface area (Å²) >= 11 is 3.25. The highest BCUT2D eigenvalue weighted by molar-refractivity contribution is 9.10. The van der Waals surface area contributed by atoms with Gasteiger partial charge in [0.15, 0.2) is 0 Å². The number of carboxylic acids is 1. The maximum absolute atomic E-state index is 11.9. The van der Waals surface area contributed by atoms with Crippen LogP contribution in [0.15, 0.2) is 41.0 Å². The van der Waals surface area contributed by atoms with Crippen LogP contribution in [-0.2, 0) is 11.2 Å². The molecule has 0 bridgehead atoms. The molecule has 0 aliphatic heterocycles. The summed E-state index contributed by atoms with van der Waals surface area (Å²) in [5, 5.41) is 11.4. The number of H-pyrrole nitrogens is 1. The average Bonchev–Trinajstić information content (AvgIpc) is 2.75. The lowest BCUT2D eigenvalue weighted by Gasteiger charge is -2.05. The maximum Gasteiger partial charge on any atom is 0.307 e. The quantitative estimate of drug-likeness (QED) is 0.809. The fourth-order valence-electron chi connectivity index (χ4n) is 1.63. The van der Waals surface area contributed by atoms with Gasteiger partial charge in [0.2, 0.25) is 0 Å². The van der Waals surface area contributed by atoms with Crippen LogP contribution < -0.4 is 5.32 Å². The standard InChI is InChI=1S/C13H11BrN2O3/c14-9-6-11(15-7-9)13(19)16-10-3-1-2-8(4-10)5-12(17)18/h1-4,6-7,15H,5H2,(H,16,19)(H,17,18). The van der Waals surface area contributed by atoms with Gasteiger partial charge in [0.25, 0.3) is 5.91 Å². The largest absolute Gasteiger partial charge is 0.481 e. The van der Waals surface area contributed by atoms with Crippen LogP contribution in [-0.4, -0.2) is 22.0 Å². The molecule has 0 spiro atoms. The SMILES string of the molecule is O=C(O)Cc1cccc(NC(=O)c2cc(Br)c[nH]2)c1. The highest BCUT2D eigenvalue weighted by atomic mass is 79.9. The van der Waals surface area contributed by atoms with Gasteiger partial charge in [-0.25, -0.2) is 0 Å². The molecule has 6 heteroatoms. The number of benzene rings is 1. The smallest absolute Gasteiger partial charge is 0.307 e. The first-order valence-electron chi connectivity index (χ1n) is 5.50. The Morgan fingerprint density at radius 1 is 1.32 bits per heavy atom.